The highest BCUT2D eigenvalue weighted by atomic mass is 35.5. The summed E-state index contributed by atoms with van der Waals surface area (Å²) in [6.07, 6.45) is 0. The number of nitrogens with two attached hydrogens (primary N) is 1. The first-order valence-electron chi connectivity index (χ1n) is 6.38. The Hall–Kier alpha value is -0.920. The van der Waals surface area contributed by atoms with Crippen LogP contribution in [0.15, 0.2) is 40.6 Å². The van der Waals surface area contributed by atoms with Gasteiger partial charge in [-0.15, -0.1) is 11.3 Å². The monoisotopic (exact) mass is 344 g/mol. The number of hydrogen-bond acceptors (Lipinski definition) is 4. The molecule has 0 bridgehead atoms. The second kappa shape index (κ2) is 6.46. The molecule has 0 saturated heterocycles. The van der Waals surface area contributed by atoms with E-state index in [1.165, 1.54) is 21.7 Å². The predicted octanol–water partition coefficient (Wildman–Crippen LogP) is 3.24. The fourth-order valence-electron chi connectivity index (χ4n) is 1.94. The minimum Gasteiger partial charge on any atom is -0.326 e. The third-order valence-corrected chi connectivity index (χ3v) is 6.84. The number of halogens is 1. The zero-order valence-corrected chi connectivity index (χ0v) is 14.2. The van der Waals surface area contributed by atoms with E-state index in [4.69, 9.17) is 17.3 Å². The summed E-state index contributed by atoms with van der Waals surface area (Å²) < 4.78 is 26.9. The normalized spacial score (nSPS) is 13.6. The molecule has 0 spiro atoms. The Morgan fingerprint density at radius 3 is 2.67 bits per heavy atom. The van der Waals surface area contributed by atoms with Crippen LogP contribution >= 0.6 is 22.9 Å². The van der Waals surface area contributed by atoms with Crippen molar-refractivity contribution < 1.29 is 8.42 Å². The molecule has 7 heteroatoms. The van der Waals surface area contributed by atoms with Crippen LogP contribution in [-0.2, 0) is 16.6 Å². The van der Waals surface area contributed by atoms with Gasteiger partial charge in [-0.3, -0.25) is 0 Å². The van der Waals surface area contributed by atoms with Gasteiger partial charge in [0.25, 0.3) is 0 Å². The Morgan fingerprint density at radius 1 is 1.38 bits per heavy atom. The molecule has 1 heterocycles. The van der Waals surface area contributed by atoms with Gasteiger partial charge in [0.2, 0.25) is 10.0 Å². The fraction of sp³-hybridized carbons (Fsp3) is 0.286. The van der Waals surface area contributed by atoms with E-state index in [9.17, 15) is 8.42 Å². The molecule has 4 nitrogen and oxygen atoms in total. The molecule has 1 unspecified atom stereocenters. The van der Waals surface area contributed by atoms with Crippen molar-refractivity contribution >= 4 is 33.0 Å². The van der Waals surface area contributed by atoms with Crippen molar-refractivity contribution in [1.82, 2.24) is 4.31 Å². The molecule has 0 amide bonds. The summed E-state index contributed by atoms with van der Waals surface area (Å²) >= 11 is 7.59. The molecule has 0 fully saturated rings. The minimum absolute atomic E-state index is 0.0954. The fourth-order valence-corrected chi connectivity index (χ4v) is 4.70. The number of sulfonamides is 1. The summed E-state index contributed by atoms with van der Waals surface area (Å²) in [6, 6.07) is 8.39. The first-order valence-corrected chi connectivity index (χ1v) is 9.07. The van der Waals surface area contributed by atoms with Gasteiger partial charge in [-0.2, -0.15) is 4.31 Å². The number of benzene rings is 1. The van der Waals surface area contributed by atoms with Crippen molar-refractivity contribution in [1.29, 1.82) is 0 Å². The molecule has 0 radical (unpaired) electrons. The highest BCUT2D eigenvalue weighted by Gasteiger charge is 2.28. The van der Waals surface area contributed by atoms with Crippen molar-refractivity contribution in [3.63, 3.8) is 0 Å². The van der Waals surface area contributed by atoms with Gasteiger partial charge in [-0.05, 0) is 36.1 Å². The molecule has 0 aliphatic rings. The van der Waals surface area contributed by atoms with Gasteiger partial charge in [-0.25, -0.2) is 8.42 Å². The van der Waals surface area contributed by atoms with Crippen LogP contribution in [0.1, 0.15) is 23.4 Å². The van der Waals surface area contributed by atoms with Crippen LogP contribution in [0.4, 0.5) is 0 Å². The smallest absolute Gasteiger partial charge is 0.244 e. The summed E-state index contributed by atoms with van der Waals surface area (Å²) in [5.41, 5.74) is 6.31. The van der Waals surface area contributed by atoms with Crippen LogP contribution < -0.4 is 5.73 Å². The number of hydrogen-bond donors (Lipinski definition) is 1. The lowest BCUT2D eigenvalue weighted by Crippen LogP contribution is -2.29. The molecule has 0 saturated carbocycles. The van der Waals surface area contributed by atoms with E-state index in [2.05, 4.69) is 0 Å². The molecule has 0 aliphatic heterocycles. The van der Waals surface area contributed by atoms with E-state index in [0.717, 1.165) is 10.4 Å². The summed E-state index contributed by atoms with van der Waals surface area (Å²) in [7, 11) is -2.11. The second-order valence-electron chi connectivity index (χ2n) is 4.68. The molecular formula is C14H17ClN2O2S2. The van der Waals surface area contributed by atoms with Crippen LogP contribution in [0.2, 0.25) is 5.02 Å². The van der Waals surface area contributed by atoms with Crippen molar-refractivity contribution in [2.24, 2.45) is 5.73 Å². The molecule has 1 aromatic carbocycles. The van der Waals surface area contributed by atoms with Crippen molar-refractivity contribution in [3.05, 3.63) is 51.2 Å². The Balaban J connectivity index is 2.42. The topological polar surface area (TPSA) is 63.4 Å². The third kappa shape index (κ3) is 3.30. The maximum Gasteiger partial charge on any atom is 0.244 e. The van der Waals surface area contributed by atoms with Crippen molar-refractivity contribution in [2.45, 2.75) is 24.4 Å². The molecule has 21 heavy (non-hydrogen) atoms. The van der Waals surface area contributed by atoms with Gasteiger partial charge in [0.15, 0.2) is 0 Å². The predicted molar refractivity (Wildman–Crippen MR) is 87.0 cm³/mol. The molecule has 114 valence electrons. The van der Waals surface area contributed by atoms with E-state index in [0.29, 0.717) is 0 Å². The van der Waals surface area contributed by atoms with Crippen LogP contribution in [0.5, 0.6) is 0 Å². The minimum atomic E-state index is -3.68. The zero-order valence-electron chi connectivity index (χ0n) is 11.8. The first kappa shape index (κ1) is 16.5. The van der Waals surface area contributed by atoms with Gasteiger partial charge in [0, 0.05) is 18.5 Å². The first-order chi connectivity index (χ1) is 9.87. The maximum absolute atomic E-state index is 12.8. The van der Waals surface area contributed by atoms with E-state index in [1.54, 1.807) is 19.2 Å². The highest BCUT2D eigenvalue weighted by Crippen LogP contribution is 2.31. The van der Waals surface area contributed by atoms with Gasteiger partial charge in [0.1, 0.15) is 4.90 Å². The largest absolute Gasteiger partial charge is 0.326 e. The van der Waals surface area contributed by atoms with Crippen LogP contribution in [0, 0.1) is 0 Å². The maximum atomic E-state index is 12.8. The van der Waals surface area contributed by atoms with Gasteiger partial charge >= 0.3 is 0 Å². The Morgan fingerprint density at radius 2 is 2.10 bits per heavy atom. The van der Waals surface area contributed by atoms with Crippen LogP contribution in [-0.4, -0.2) is 19.8 Å². The number of rotatable bonds is 5. The molecular weight excluding hydrogens is 328 g/mol. The average molecular weight is 345 g/mol. The quantitative estimate of drug-likeness (QED) is 0.905. The average Bonchev–Trinajstić information content (AvgIpc) is 3.00. The van der Waals surface area contributed by atoms with Gasteiger partial charge in [-0.1, -0.05) is 23.7 Å². The molecule has 1 aromatic heterocycles. The Labute approximate surface area is 134 Å². The van der Waals surface area contributed by atoms with Crippen molar-refractivity contribution in [2.75, 3.05) is 7.05 Å². The van der Waals surface area contributed by atoms with E-state index < -0.39 is 10.0 Å². The Bertz CT molecular complexity index is 715. The zero-order chi connectivity index (χ0) is 15.6. The summed E-state index contributed by atoms with van der Waals surface area (Å²) in [4.78, 5) is 1.07. The van der Waals surface area contributed by atoms with E-state index in [-0.39, 0.29) is 22.5 Å². The lowest BCUT2D eigenvalue weighted by Gasteiger charge is -2.24. The van der Waals surface area contributed by atoms with Crippen LogP contribution in [0.25, 0.3) is 0 Å². The molecule has 1 atom stereocenters. The van der Waals surface area contributed by atoms with Gasteiger partial charge in [0.05, 0.1) is 11.1 Å². The molecule has 2 N–H and O–H groups in total. The lowest BCUT2D eigenvalue weighted by atomic mass is 10.2. The summed E-state index contributed by atoms with van der Waals surface area (Å²) in [6.45, 7) is 2.12. The third-order valence-electron chi connectivity index (χ3n) is 3.39. The highest BCUT2D eigenvalue weighted by molar-refractivity contribution is 7.89. The summed E-state index contributed by atoms with van der Waals surface area (Å²) in [5, 5.41) is 2.13. The SMILES string of the molecule is CC(c1cccs1)N(C)S(=O)(=O)c1cc(CN)ccc1Cl. The number of nitrogens with zero attached hydrogens (tertiary/aromatic N) is 1. The van der Waals surface area contributed by atoms with Crippen LogP contribution in [0.3, 0.4) is 0 Å². The van der Waals surface area contributed by atoms with E-state index in [1.807, 2.05) is 24.4 Å². The lowest BCUT2D eigenvalue weighted by molar-refractivity contribution is 0.403. The van der Waals surface area contributed by atoms with Gasteiger partial charge < -0.3 is 5.73 Å². The second-order valence-corrected chi connectivity index (χ2v) is 8.03. The standard InChI is InChI=1S/C14H17ClN2O2S2/c1-10(13-4-3-7-20-13)17(2)21(18,19)14-8-11(9-16)5-6-12(14)15/h3-8,10H,9,16H2,1-2H3. The Kier molecular flexibility index (Phi) is 5.06. The molecule has 0 aliphatic carbocycles. The number of thiophene rings is 1. The molecule has 2 rings (SSSR count). The molecule has 2 aromatic rings. The van der Waals surface area contributed by atoms with Crippen molar-refractivity contribution in [3.8, 4) is 0 Å². The van der Waals surface area contributed by atoms with E-state index >= 15 is 0 Å². The summed E-state index contributed by atoms with van der Waals surface area (Å²) in [5.74, 6) is 0.